The Labute approximate surface area is 128 Å². The third kappa shape index (κ3) is 2.45. The highest BCUT2D eigenvalue weighted by Crippen LogP contribution is 2.25. The van der Waals surface area contributed by atoms with Gasteiger partial charge in [-0.25, -0.2) is 4.68 Å². The number of nitrogens with zero attached hydrogens (tertiary/aromatic N) is 2. The quantitative estimate of drug-likeness (QED) is 0.662. The largest absolute Gasteiger partial charge is 0.508 e. The number of phenols is 1. The average molecular weight is 366 g/mol. The maximum absolute atomic E-state index is 9.58. The van der Waals surface area contributed by atoms with Gasteiger partial charge in [0.25, 0.3) is 0 Å². The maximum Gasteiger partial charge on any atom is 0.116 e. The molecule has 0 aliphatic carbocycles. The molecule has 3 nitrogen and oxygen atoms in total. The molecule has 4 heteroatoms. The second-order valence-corrected chi connectivity index (χ2v) is 4.56. The summed E-state index contributed by atoms with van der Waals surface area (Å²) in [6, 6.07) is 11.5. The minimum absolute atomic E-state index is 0. The summed E-state index contributed by atoms with van der Waals surface area (Å²) in [7, 11) is 0. The highest BCUT2D eigenvalue weighted by Gasteiger charge is 2.09. The molecule has 0 aliphatic heterocycles. The van der Waals surface area contributed by atoms with Crippen molar-refractivity contribution in [1.29, 1.82) is 0 Å². The smallest absolute Gasteiger partial charge is 0.116 e. The van der Waals surface area contributed by atoms with Crippen LogP contribution in [0.25, 0.3) is 16.6 Å². The molecule has 19 heavy (non-hydrogen) atoms. The van der Waals surface area contributed by atoms with Crippen LogP contribution in [-0.2, 0) is 0 Å². The van der Waals surface area contributed by atoms with Gasteiger partial charge in [-0.1, -0.05) is 18.2 Å². The third-order valence-electron chi connectivity index (χ3n) is 3.12. The van der Waals surface area contributed by atoms with Gasteiger partial charge in [0.2, 0.25) is 0 Å². The fourth-order valence-electron chi connectivity index (χ4n) is 2.37. The minimum Gasteiger partial charge on any atom is -0.508 e. The molecule has 98 valence electrons. The van der Waals surface area contributed by atoms with Crippen molar-refractivity contribution in [3.05, 3.63) is 53.7 Å². The molecule has 1 N–H and O–H groups in total. The van der Waals surface area contributed by atoms with Crippen molar-refractivity contribution in [3.63, 3.8) is 0 Å². The van der Waals surface area contributed by atoms with Crippen molar-refractivity contribution in [2.24, 2.45) is 0 Å². The number of aromatic nitrogens is 2. The maximum atomic E-state index is 9.58. The molecule has 0 bridgehead atoms. The molecule has 2 aromatic carbocycles. The fraction of sp³-hybridized carbons (Fsp3) is 0.133. The Hall–Kier alpha value is -1.56. The van der Waals surface area contributed by atoms with E-state index in [1.54, 1.807) is 12.1 Å². The zero-order valence-corrected chi connectivity index (χ0v) is 13.1. The van der Waals surface area contributed by atoms with Gasteiger partial charge in [-0.05, 0) is 43.2 Å². The summed E-state index contributed by atoms with van der Waals surface area (Å²) < 4.78 is 1.88. The Kier molecular flexibility index (Phi) is 3.80. The van der Waals surface area contributed by atoms with E-state index in [0.717, 1.165) is 27.7 Å². The van der Waals surface area contributed by atoms with E-state index in [-0.39, 0.29) is 24.0 Å². The van der Waals surface area contributed by atoms with Crippen LogP contribution in [-0.4, -0.2) is 14.9 Å². The van der Waals surface area contributed by atoms with Crippen LogP contribution in [0.2, 0.25) is 0 Å². The number of aryl methyl sites for hydroxylation is 2. The standard InChI is InChI=1S/C15H14N2O.HI/c1-10-7-13(18)8-11(2)15(10)17-9-12-5-3-4-6-14(12)16-17;/h3-9,18H,1-2H3;1H. The zero-order chi connectivity index (χ0) is 12.7. The van der Waals surface area contributed by atoms with Crippen LogP contribution in [0.15, 0.2) is 42.6 Å². The van der Waals surface area contributed by atoms with E-state index in [4.69, 9.17) is 0 Å². The Bertz CT molecular complexity index is 678. The van der Waals surface area contributed by atoms with Gasteiger partial charge in [0, 0.05) is 11.6 Å². The molecule has 0 spiro atoms. The summed E-state index contributed by atoms with van der Waals surface area (Å²) in [5.74, 6) is 0.297. The van der Waals surface area contributed by atoms with E-state index < -0.39 is 0 Å². The van der Waals surface area contributed by atoms with E-state index in [1.807, 2.05) is 49.0 Å². The van der Waals surface area contributed by atoms with E-state index in [0.29, 0.717) is 5.75 Å². The molecule has 0 unspecified atom stereocenters. The Balaban J connectivity index is 0.00000133. The predicted molar refractivity (Wildman–Crippen MR) is 87.6 cm³/mol. The number of aromatic hydroxyl groups is 1. The van der Waals surface area contributed by atoms with E-state index in [9.17, 15) is 5.11 Å². The number of fused-ring (bicyclic) bond motifs is 1. The normalized spacial score (nSPS) is 10.4. The summed E-state index contributed by atoms with van der Waals surface area (Å²) in [6.07, 6.45) is 2.02. The molecule has 0 saturated heterocycles. The van der Waals surface area contributed by atoms with Gasteiger partial charge in [-0.15, -0.1) is 24.0 Å². The van der Waals surface area contributed by atoms with Crippen LogP contribution in [0.3, 0.4) is 0 Å². The first kappa shape index (κ1) is 13.9. The van der Waals surface area contributed by atoms with Crippen molar-refractivity contribution >= 4 is 34.9 Å². The van der Waals surface area contributed by atoms with Crippen LogP contribution < -0.4 is 0 Å². The second kappa shape index (κ2) is 5.21. The summed E-state index contributed by atoms with van der Waals surface area (Å²) in [4.78, 5) is 0. The molecule has 0 saturated carbocycles. The molecule has 3 aromatic rings. The molecule has 0 amide bonds. The van der Waals surface area contributed by atoms with Crippen molar-refractivity contribution in [1.82, 2.24) is 9.78 Å². The number of hydrogen-bond donors (Lipinski definition) is 1. The monoisotopic (exact) mass is 366 g/mol. The van der Waals surface area contributed by atoms with E-state index in [1.165, 1.54) is 0 Å². The molecule has 0 atom stereocenters. The number of rotatable bonds is 1. The molecule has 1 aromatic heterocycles. The number of hydrogen-bond acceptors (Lipinski definition) is 2. The summed E-state index contributed by atoms with van der Waals surface area (Å²) in [5, 5.41) is 15.3. The highest BCUT2D eigenvalue weighted by molar-refractivity contribution is 14.0. The van der Waals surface area contributed by atoms with Crippen LogP contribution >= 0.6 is 24.0 Å². The Morgan fingerprint density at radius 2 is 1.68 bits per heavy atom. The van der Waals surface area contributed by atoms with Gasteiger partial charge >= 0.3 is 0 Å². The summed E-state index contributed by atoms with van der Waals surface area (Å²) in [6.45, 7) is 3.96. The first-order valence-corrected chi connectivity index (χ1v) is 5.90. The SMILES string of the molecule is Cc1cc(O)cc(C)c1-n1cc2ccccc2n1.I. The second-order valence-electron chi connectivity index (χ2n) is 4.56. The van der Waals surface area contributed by atoms with Gasteiger partial charge in [-0.3, -0.25) is 0 Å². The summed E-state index contributed by atoms with van der Waals surface area (Å²) in [5.41, 5.74) is 4.04. The number of halogens is 1. The third-order valence-corrected chi connectivity index (χ3v) is 3.12. The molecule has 0 radical (unpaired) electrons. The van der Waals surface area contributed by atoms with Crippen molar-refractivity contribution < 1.29 is 5.11 Å². The van der Waals surface area contributed by atoms with Crippen molar-refractivity contribution in [3.8, 4) is 11.4 Å². The molecule has 0 aliphatic rings. The molecule has 1 heterocycles. The first-order chi connectivity index (χ1) is 8.65. The number of phenolic OH excluding ortho intramolecular Hbond substituents is 1. The summed E-state index contributed by atoms with van der Waals surface area (Å²) >= 11 is 0. The van der Waals surface area contributed by atoms with Crippen LogP contribution in [0, 0.1) is 13.8 Å². The lowest BCUT2D eigenvalue weighted by atomic mass is 10.1. The lowest BCUT2D eigenvalue weighted by Crippen LogP contribution is -2.00. The molecule has 3 rings (SSSR count). The van der Waals surface area contributed by atoms with E-state index >= 15 is 0 Å². The Morgan fingerprint density at radius 1 is 1.05 bits per heavy atom. The van der Waals surface area contributed by atoms with Crippen molar-refractivity contribution in [2.45, 2.75) is 13.8 Å². The highest BCUT2D eigenvalue weighted by atomic mass is 127. The Morgan fingerprint density at radius 3 is 2.32 bits per heavy atom. The van der Waals surface area contributed by atoms with Crippen LogP contribution in [0.5, 0.6) is 5.75 Å². The van der Waals surface area contributed by atoms with Crippen LogP contribution in [0.1, 0.15) is 11.1 Å². The topological polar surface area (TPSA) is 38.0 Å². The predicted octanol–water partition coefficient (Wildman–Crippen LogP) is 3.97. The number of benzene rings is 2. The lowest BCUT2D eigenvalue weighted by molar-refractivity contribution is 0.474. The lowest BCUT2D eigenvalue weighted by Gasteiger charge is -2.10. The van der Waals surface area contributed by atoms with Crippen molar-refractivity contribution in [2.75, 3.05) is 0 Å². The molecular weight excluding hydrogens is 351 g/mol. The van der Waals surface area contributed by atoms with Gasteiger partial charge in [0.1, 0.15) is 5.75 Å². The minimum atomic E-state index is 0. The average Bonchev–Trinajstić information content (AvgIpc) is 2.70. The van der Waals surface area contributed by atoms with Gasteiger partial charge in [0.15, 0.2) is 0 Å². The van der Waals surface area contributed by atoms with Crippen LogP contribution in [0.4, 0.5) is 0 Å². The fourth-order valence-corrected chi connectivity index (χ4v) is 2.37. The molecular formula is C15H15IN2O. The van der Waals surface area contributed by atoms with E-state index in [2.05, 4.69) is 5.10 Å². The van der Waals surface area contributed by atoms with Gasteiger partial charge in [0.05, 0.1) is 11.2 Å². The first-order valence-electron chi connectivity index (χ1n) is 5.90. The van der Waals surface area contributed by atoms with Gasteiger partial charge < -0.3 is 5.11 Å². The molecule has 0 fully saturated rings. The van der Waals surface area contributed by atoms with Gasteiger partial charge in [-0.2, -0.15) is 5.10 Å². The zero-order valence-electron chi connectivity index (χ0n) is 10.8.